The molecule has 4 aromatic rings. The molecule has 1 aliphatic rings. The zero-order valence-electron chi connectivity index (χ0n) is 23.6. The number of methoxy groups -OCH3 is 3. The highest BCUT2D eigenvalue weighted by molar-refractivity contribution is 7.99. The van der Waals surface area contributed by atoms with E-state index in [0.717, 1.165) is 16.2 Å². The van der Waals surface area contributed by atoms with Crippen molar-refractivity contribution in [2.75, 3.05) is 27.1 Å². The Kier molecular flexibility index (Phi) is 9.08. The van der Waals surface area contributed by atoms with Gasteiger partial charge >= 0.3 is 0 Å². The van der Waals surface area contributed by atoms with E-state index in [-0.39, 0.29) is 30.2 Å². The molecule has 3 heterocycles. The summed E-state index contributed by atoms with van der Waals surface area (Å²) in [5.74, 6) is 2.07. The van der Waals surface area contributed by atoms with Gasteiger partial charge in [0, 0.05) is 24.6 Å². The van der Waals surface area contributed by atoms with E-state index >= 15 is 0 Å². The molecule has 13 heteroatoms. The number of rotatable bonds is 11. The molecule has 0 saturated carbocycles. The zero-order chi connectivity index (χ0) is 29.6. The van der Waals surface area contributed by atoms with E-state index < -0.39 is 0 Å². The molecular formula is C29H30N6O5S2. The minimum Gasteiger partial charge on any atom is -0.497 e. The van der Waals surface area contributed by atoms with Crippen LogP contribution in [-0.4, -0.2) is 64.4 Å². The number of nitrogens with one attached hydrogen (secondary N) is 1. The van der Waals surface area contributed by atoms with Crippen LogP contribution in [0.3, 0.4) is 0 Å². The number of carbonyl (C=O) groups is 2. The average Bonchev–Trinajstić information content (AvgIpc) is 3.79. The number of hydrazone groups is 1. The van der Waals surface area contributed by atoms with Crippen LogP contribution in [0.1, 0.15) is 39.1 Å². The molecule has 0 spiro atoms. The number of ether oxygens (including phenoxy) is 3. The summed E-state index contributed by atoms with van der Waals surface area (Å²) in [6.45, 7) is 0.182. The lowest BCUT2D eigenvalue weighted by molar-refractivity contribution is -0.130. The fourth-order valence-corrected chi connectivity index (χ4v) is 6.07. The van der Waals surface area contributed by atoms with Crippen LogP contribution in [0.4, 0.5) is 0 Å². The molecule has 1 aliphatic heterocycles. The maximum Gasteiger partial charge on any atom is 0.253 e. The van der Waals surface area contributed by atoms with Crippen LogP contribution in [0, 0.1) is 0 Å². The topological polar surface area (TPSA) is 120 Å². The van der Waals surface area contributed by atoms with E-state index in [4.69, 9.17) is 19.3 Å². The molecule has 0 saturated heterocycles. The van der Waals surface area contributed by atoms with Crippen molar-refractivity contribution in [3.63, 3.8) is 0 Å². The fourth-order valence-electron chi connectivity index (χ4n) is 4.57. The Hall–Kier alpha value is -4.36. The molecule has 218 valence electrons. The van der Waals surface area contributed by atoms with Gasteiger partial charge in [-0.05, 0) is 41.8 Å². The van der Waals surface area contributed by atoms with E-state index in [2.05, 4.69) is 15.5 Å². The van der Waals surface area contributed by atoms with Crippen molar-refractivity contribution in [1.82, 2.24) is 25.1 Å². The maximum absolute atomic E-state index is 13.6. The summed E-state index contributed by atoms with van der Waals surface area (Å²) in [6.07, 6.45) is 0.544. The fraction of sp³-hybridized carbons (Fsp3) is 0.276. The quantitative estimate of drug-likeness (QED) is 0.251. The van der Waals surface area contributed by atoms with Crippen LogP contribution in [0.15, 0.2) is 70.2 Å². The van der Waals surface area contributed by atoms with Crippen molar-refractivity contribution in [2.24, 2.45) is 12.1 Å². The van der Waals surface area contributed by atoms with Gasteiger partial charge in [0.2, 0.25) is 0 Å². The van der Waals surface area contributed by atoms with Crippen molar-refractivity contribution in [3.8, 4) is 17.2 Å². The molecule has 2 aromatic carbocycles. The van der Waals surface area contributed by atoms with Crippen molar-refractivity contribution in [1.29, 1.82) is 0 Å². The van der Waals surface area contributed by atoms with E-state index in [1.165, 1.54) is 16.8 Å². The van der Waals surface area contributed by atoms with Gasteiger partial charge in [-0.15, -0.1) is 21.5 Å². The highest BCUT2D eigenvalue weighted by Gasteiger charge is 2.36. The van der Waals surface area contributed by atoms with Gasteiger partial charge in [-0.25, -0.2) is 5.01 Å². The highest BCUT2D eigenvalue weighted by Crippen LogP contribution is 2.42. The number of hydrogen-bond donors (Lipinski definition) is 1. The van der Waals surface area contributed by atoms with Crippen molar-refractivity contribution in [3.05, 3.63) is 81.8 Å². The predicted molar refractivity (Wildman–Crippen MR) is 160 cm³/mol. The first-order chi connectivity index (χ1) is 20.4. The summed E-state index contributed by atoms with van der Waals surface area (Å²) in [7, 11) is 6.55. The molecule has 0 fully saturated rings. The van der Waals surface area contributed by atoms with E-state index in [1.54, 1.807) is 68.5 Å². The summed E-state index contributed by atoms with van der Waals surface area (Å²) < 4.78 is 18.1. The first kappa shape index (κ1) is 29.1. The number of thioether (sulfide) groups is 1. The smallest absolute Gasteiger partial charge is 0.253 e. The minimum atomic E-state index is -0.358. The standard InChI is InChI=1S/C29H30N6O5S2/c1-34-25(16-30-28(37)18-10-12-19(38-2)13-11-18)31-32-29(34)42-17-26(36)35-22(15-21(33-35)24-9-6-14-41-24)20-7-5-8-23(39-3)27(20)40-4/h5-14,22H,15-17H2,1-4H3,(H,30,37)/t22-/m0/s1. The second-order valence-corrected chi connectivity index (χ2v) is 11.1. The third-order valence-corrected chi connectivity index (χ3v) is 8.70. The van der Waals surface area contributed by atoms with Crippen LogP contribution in [-0.2, 0) is 18.4 Å². The van der Waals surface area contributed by atoms with Crippen LogP contribution in [0.2, 0.25) is 0 Å². The Bertz CT molecular complexity index is 1590. The third-order valence-electron chi connectivity index (χ3n) is 6.77. The molecule has 0 aliphatic carbocycles. The van der Waals surface area contributed by atoms with Gasteiger partial charge in [0.15, 0.2) is 22.5 Å². The number of benzene rings is 2. The van der Waals surface area contributed by atoms with Crippen LogP contribution >= 0.6 is 23.1 Å². The number of aromatic nitrogens is 3. The lowest BCUT2D eigenvalue weighted by Crippen LogP contribution is -2.29. The highest BCUT2D eigenvalue weighted by atomic mass is 32.2. The normalized spacial score (nSPS) is 14.4. The minimum absolute atomic E-state index is 0.0915. The second-order valence-electron chi connectivity index (χ2n) is 9.22. The molecule has 1 atom stereocenters. The van der Waals surface area contributed by atoms with E-state index in [0.29, 0.717) is 40.2 Å². The molecule has 0 radical (unpaired) electrons. The van der Waals surface area contributed by atoms with Gasteiger partial charge < -0.3 is 24.1 Å². The maximum atomic E-state index is 13.6. The molecule has 0 bridgehead atoms. The molecule has 42 heavy (non-hydrogen) atoms. The molecule has 0 unspecified atom stereocenters. The molecule has 1 N–H and O–H groups in total. The predicted octanol–water partition coefficient (Wildman–Crippen LogP) is 4.30. The van der Waals surface area contributed by atoms with Gasteiger partial charge in [-0.3, -0.25) is 9.59 Å². The third kappa shape index (κ3) is 6.11. The lowest BCUT2D eigenvalue weighted by Gasteiger charge is -2.24. The monoisotopic (exact) mass is 606 g/mol. The average molecular weight is 607 g/mol. The summed E-state index contributed by atoms with van der Waals surface area (Å²) >= 11 is 2.84. The lowest BCUT2D eigenvalue weighted by atomic mass is 9.99. The van der Waals surface area contributed by atoms with Crippen molar-refractivity contribution < 1.29 is 23.8 Å². The molecule has 2 amide bonds. The van der Waals surface area contributed by atoms with Gasteiger partial charge in [-0.1, -0.05) is 30.0 Å². The van der Waals surface area contributed by atoms with Gasteiger partial charge in [0.05, 0.1) is 50.3 Å². The Labute approximate surface area is 251 Å². The first-order valence-corrected chi connectivity index (χ1v) is 14.9. The number of hydrogen-bond acceptors (Lipinski definition) is 10. The Morgan fingerprint density at radius 3 is 2.52 bits per heavy atom. The summed E-state index contributed by atoms with van der Waals surface area (Å²) in [5.41, 5.74) is 2.17. The summed E-state index contributed by atoms with van der Waals surface area (Å²) in [4.78, 5) is 27.2. The molecule has 2 aromatic heterocycles. The number of carbonyl (C=O) groups excluding carboxylic acids is 2. The number of nitrogens with zero attached hydrogens (tertiary/aromatic N) is 5. The second kappa shape index (κ2) is 13.1. The number of thiophene rings is 1. The number of amides is 2. The van der Waals surface area contributed by atoms with E-state index in [1.807, 2.05) is 35.7 Å². The molecule has 5 rings (SSSR count). The molecular weight excluding hydrogens is 576 g/mol. The summed E-state index contributed by atoms with van der Waals surface area (Å²) in [5, 5.41) is 20.1. The summed E-state index contributed by atoms with van der Waals surface area (Å²) in [6, 6.07) is 16.1. The van der Waals surface area contributed by atoms with Gasteiger partial charge in [-0.2, -0.15) is 5.10 Å². The van der Waals surface area contributed by atoms with E-state index in [9.17, 15) is 9.59 Å². The van der Waals surface area contributed by atoms with Gasteiger partial charge in [0.25, 0.3) is 11.8 Å². The zero-order valence-corrected chi connectivity index (χ0v) is 25.2. The van der Waals surface area contributed by atoms with Crippen LogP contribution in [0.25, 0.3) is 0 Å². The van der Waals surface area contributed by atoms with Crippen molar-refractivity contribution in [2.45, 2.75) is 24.2 Å². The van der Waals surface area contributed by atoms with Crippen LogP contribution in [0.5, 0.6) is 17.2 Å². The number of para-hydroxylation sites is 1. The Balaban J connectivity index is 1.28. The van der Waals surface area contributed by atoms with Gasteiger partial charge in [0.1, 0.15) is 5.75 Å². The Morgan fingerprint density at radius 2 is 1.83 bits per heavy atom. The Morgan fingerprint density at radius 1 is 1.02 bits per heavy atom. The first-order valence-electron chi connectivity index (χ1n) is 13.0. The largest absolute Gasteiger partial charge is 0.497 e. The van der Waals surface area contributed by atoms with Crippen molar-refractivity contribution >= 4 is 40.6 Å². The van der Waals surface area contributed by atoms with Crippen LogP contribution < -0.4 is 19.5 Å². The molecule has 11 nitrogen and oxygen atoms in total. The SMILES string of the molecule is COc1ccc(C(=O)NCc2nnc(SCC(=O)N3N=C(c4cccs4)C[C@H]3c3cccc(OC)c3OC)n2C)cc1.